The van der Waals surface area contributed by atoms with E-state index >= 15 is 0 Å². The Labute approximate surface area is 99.0 Å². The molecule has 5 heteroatoms. The van der Waals surface area contributed by atoms with Crippen LogP contribution in [0.5, 0.6) is 0 Å². The van der Waals surface area contributed by atoms with Crippen molar-refractivity contribution in [1.29, 1.82) is 0 Å². The first-order valence-corrected chi connectivity index (χ1v) is 5.84. The first-order valence-electron chi connectivity index (χ1n) is 5.02. The Kier molecular flexibility index (Phi) is 3.36. The van der Waals surface area contributed by atoms with Gasteiger partial charge in [-0.05, 0) is 12.1 Å². The maximum Gasteiger partial charge on any atom is 0.185 e. The average Bonchev–Trinajstić information content (AvgIpc) is 2.76. The van der Waals surface area contributed by atoms with Crippen LogP contribution in [0.15, 0.2) is 30.6 Å². The zero-order valence-corrected chi connectivity index (χ0v) is 10.2. The van der Waals surface area contributed by atoms with Gasteiger partial charge in [-0.2, -0.15) is 0 Å². The van der Waals surface area contributed by atoms with E-state index in [1.54, 1.807) is 17.5 Å². The second kappa shape index (κ2) is 4.94. The molecule has 0 saturated heterocycles. The molecule has 2 rings (SSSR count). The third-order valence-corrected chi connectivity index (χ3v) is 3.20. The Balaban J connectivity index is 1.95. The van der Waals surface area contributed by atoms with Gasteiger partial charge in [-0.25, -0.2) is 9.97 Å². The summed E-state index contributed by atoms with van der Waals surface area (Å²) >= 11 is 1.68. The number of anilines is 2. The van der Waals surface area contributed by atoms with Gasteiger partial charge in [0.05, 0.1) is 6.54 Å². The molecule has 0 saturated carbocycles. The molecule has 0 spiro atoms. The highest BCUT2D eigenvalue weighted by atomic mass is 32.1. The van der Waals surface area contributed by atoms with Gasteiger partial charge in [0, 0.05) is 31.4 Å². The number of rotatable bonds is 4. The van der Waals surface area contributed by atoms with Gasteiger partial charge < -0.3 is 10.2 Å². The van der Waals surface area contributed by atoms with Crippen LogP contribution >= 0.6 is 11.3 Å². The smallest absolute Gasteiger partial charge is 0.185 e. The summed E-state index contributed by atoms with van der Waals surface area (Å²) in [4.78, 5) is 11.7. The zero-order valence-electron chi connectivity index (χ0n) is 9.34. The summed E-state index contributed by atoms with van der Waals surface area (Å²) in [6, 6.07) is 5.82. The quantitative estimate of drug-likeness (QED) is 0.880. The topological polar surface area (TPSA) is 41.1 Å². The summed E-state index contributed by atoms with van der Waals surface area (Å²) in [5.74, 6) is 0.891. The molecule has 0 aliphatic carbocycles. The molecule has 16 heavy (non-hydrogen) atoms. The Morgan fingerprint density at radius 3 is 2.81 bits per heavy atom. The molecule has 0 amide bonds. The van der Waals surface area contributed by atoms with Crippen molar-refractivity contribution < 1.29 is 0 Å². The maximum absolute atomic E-state index is 4.31. The molecule has 1 N–H and O–H groups in total. The van der Waals surface area contributed by atoms with E-state index in [4.69, 9.17) is 0 Å². The van der Waals surface area contributed by atoms with Crippen LogP contribution in [-0.4, -0.2) is 24.1 Å². The zero-order chi connectivity index (χ0) is 11.4. The summed E-state index contributed by atoms with van der Waals surface area (Å²) in [5.41, 5.74) is 0. The van der Waals surface area contributed by atoms with Gasteiger partial charge in [-0.3, -0.25) is 0 Å². The molecule has 0 atom stereocenters. The van der Waals surface area contributed by atoms with E-state index in [1.165, 1.54) is 4.88 Å². The monoisotopic (exact) mass is 234 g/mol. The van der Waals surface area contributed by atoms with E-state index in [1.807, 2.05) is 43.4 Å². The lowest BCUT2D eigenvalue weighted by Gasteiger charge is -2.05. The van der Waals surface area contributed by atoms with E-state index in [2.05, 4.69) is 15.3 Å². The minimum Gasteiger partial charge on any atom is -0.365 e. The molecule has 0 radical (unpaired) electrons. The van der Waals surface area contributed by atoms with Crippen LogP contribution in [0, 0.1) is 0 Å². The first kappa shape index (κ1) is 10.9. The molecule has 84 valence electrons. The normalized spacial score (nSPS) is 10.1. The van der Waals surface area contributed by atoms with Crippen molar-refractivity contribution in [2.45, 2.75) is 6.54 Å². The molecule has 2 aromatic rings. The van der Waals surface area contributed by atoms with Crippen molar-refractivity contribution in [2.24, 2.45) is 0 Å². The minimum atomic E-state index is 0.766. The lowest BCUT2D eigenvalue weighted by atomic mass is 10.4. The van der Waals surface area contributed by atoms with Gasteiger partial charge in [-0.15, -0.1) is 11.3 Å². The second-order valence-corrected chi connectivity index (χ2v) is 4.67. The molecular formula is C11H14N4S. The lowest BCUT2D eigenvalue weighted by Crippen LogP contribution is -2.07. The predicted molar refractivity (Wildman–Crippen MR) is 68.0 cm³/mol. The highest BCUT2D eigenvalue weighted by molar-refractivity contribution is 7.15. The predicted octanol–water partition coefficient (Wildman–Crippen LogP) is 2.22. The number of pyridine rings is 1. The highest BCUT2D eigenvalue weighted by Crippen LogP contribution is 2.20. The van der Waals surface area contributed by atoms with Crippen LogP contribution in [0.25, 0.3) is 0 Å². The molecule has 0 unspecified atom stereocenters. The van der Waals surface area contributed by atoms with Crippen LogP contribution in [-0.2, 0) is 6.54 Å². The summed E-state index contributed by atoms with van der Waals surface area (Å²) < 4.78 is 0. The Morgan fingerprint density at radius 2 is 2.19 bits per heavy atom. The molecule has 0 aliphatic heterocycles. The fourth-order valence-electron chi connectivity index (χ4n) is 1.23. The first-order chi connectivity index (χ1) is 7.75. The van der Waals surface area contributed by atoms with Gasteiger partial charge in [0.2, 0.25) is 0 Å². The Hall–Kier alpha value is -1.62. The number of hydrogen-bond acceptors (Lipinski definition) is 5. The largest absolute Gasteiger partial charge is 0.365 e. The summed E-state index contributed by atoms with van der Waals surface area (Å²) in [7, 11) is 3.99. The molecule has 4 nitrogen and oxygen atoms in total. The maximum atomic E-state index is 4.31. The second-order valence-electron chi connectivity index (χ2n) is 3.57. The molecule has 2 aromatic heterocycles. The molecule has 0 aromatic carbocycles. The average molecular weight is 234 g/mol. The number of nitrogens with zero attached hydrogens (tertiary/aromatic N) is 3. The number of thiazole rings is 1. The summed E-state index contributed by atoms with van der Waals surface area (Å²) in [6.07, 6.45) is 3.68. The van der Waals surface area contributed by atoms with E-state index in [-0.39, 0.29) is 0 Å². The van der Waals surface area contributed by atoms with E-state index in [9.17, 15) is 0 Å². The van der Waals surface area contributed by atoms with Gasteiger partial charge in [-0.1, -0.05) is 6.07 Å². The Bertz CT molecular complexity index is 438. The summed E-state index contributed by atoms with van der Waals surface area (Å²) in [6.45, 7) is 0.766. The van der Waals surface area contributed by atoms with E-state index in [0.29, 0.717) is 0 Å². The molecule has 0 bridgehead atoms. The summed E-state index contributed by atoms with van der Waals surface area (Å²) in [5, 5.41) is 4.28. The standard InChI is InChI=1S/C11H14N4S/c1-15(2)11-14-8-9(16-11)7-13-10-5-3-4-6-12-10/h3-6,8H,7H2,1-2H3,(H,12,13). The fourth-order valence-corrected chi connectivity index (χ4v) is 2.00. The minimum absolute atomic E-state index is 0.766. The van der Waals surface area contributed by atoms with Crippen LogP contribution in [0.1, 0.15) is 4.88 Å². The lowest BCUT2D eigenvalue weighted by molar-refractivity contribution is 1.10. The van der Waals surface area contributed by atoms with E-state index in [0.717, 1.165) is 17.5 Å². The Morgan fingerprint density at radius 1 is 1.31 bits per heavy atom. The van der Waals surface area contributed by atoms with Crippen LogP contribution < -0.4 is 10.2 Å². The number of aromatic nitrogens is 2. The van der Waals surface area contributed by atoms with Crippen LogP contribution in [0.3, 0.4) is 0 Å². The van der Waals surface area contributed by atoms with Crippen LogP contribution in [0.4, 0.5) is 10.9 Å². The number of hydrogen-bond donors (Lipinski definition) is 1. The van der Waals surface area contributed by atoms with Crippen molar-refractivity contribution in [3.05, 3.63) is 35.5 Å². The van der Waals surface area contributed by atoms with Crippen molar-refractivity contribution in [3.8, 4) is 0 Å². The number of nitrogens with one attached hydrogen (secondary N) is 1. The third kappa shape index (κ3) is 2.70. The van der Waals surface area contributed by atoms with Crippen LogP contribution in [0.2, 0.25) is 0 Å². The SMILES string of the molecule is CN(C)c1ncc(CNc2ccccn2)s1. The van der Waals surface area contributed by atoms with Crippen molar-refractivity contribution in [1.82, 2.24) is 9.97 Å². The van der Waals surface area contributed by atoms with E-state index < -0.39 is 0 Å². The van der Waals surface area contributed by atoms with Crippen molar-refractivity contribution >= 4 is 22.3 Å². The van der Waals surface area contributed by atoms with Gasteiger partial charge in [0.15, 0.2) is 5.13 Å². The van der Waals surface area contributed by atoms with Gasteiger partial charge >= 0.3 is 0 Å². The molecule has 0 aliphatic rings. The molecule has 2 heterocycles. The van der Waals surface area contributed by atoms with Crippen molar-refractivity contribution in [3.63, 3.8) is 0 Å². The fraction of sp³-hybridized carbons (Fsp3) is 0.273. The van der Waals surface area contributed by atoms with Gasteiger partial charge in [0.1, 0.15) is 5.82 Å². The molecular weight excluding hydrogens is 220 g/mol. The third-order valence-electron chi connectivity index (χ3n) is 2.03. The molecule has 0 fully saturated rings. The van der Waals surface area contributed by atoms with Crippen molar-refractivity contribution in [2.75, 3.05) is 24.3 Å². The highest BCUT2D eigenvalue weighted by Gasteiger charge is 2.03. The van der Waals surface area contributed by atoms with Gasteiger partial charge in [0.25, 0.3) is 0 Å².